The topological polar surface area (TPSA) is 151 Å². The molecule has 0 aliphatic carbocycles. The summed E-state index contributed by atoms with van der Waals surface area (Å²) in [5.41, 5.74) is 5.23. The summed E-state index contributed by atoms with van der Waals surface area (Å²) in [7, 11) is 1.89. The van der Waals surface area contributed by atoms with Crippen molar-refractivity contribution in [1.82, 2.24) is 39.6 Å². The summed E-state index contributed by atoms with van der Waals surface area (Å²) in [6.45, 7) is 8.54. The third-order valence-electron chi connectivity index (χ3n) is 7.62. The Balaban J connectivity index is 1.10. The molecule has 1 aromatic carbocycles. The van der Waals surface area contributed by atoms with E-state index in [1.54, 1.807) is 23.1 Å². The fraction of sp³-hybridized carbons (Fsp3) is 0.355. The number of nitrogens with zero attached hydrogens (tertiary/aromatic N) is 7. The molecular weight excluding hydrogens is 558 g/mol. The van der Waals surface area contributed by atoms with Gasteiger partial charge in [0.05, 0.1) is 23.4 Å². The van der Waals surface area contributed by atoms with E-state index in [-0.39, 0.29) is 18.6 Å². The normalized spacial score (nSPS) is 15.0. The number of hydrogen-bond acceptors (Lipinski definition) is 10. The molecule has 0 saturated carbocycles. The lowest BCUT2D eigenvalue weighted by atomic mass is 10.1. The number of aromatic amines is 1. The summed E-state index contributed by atoms with van der Waals surface area (Å²) >= 11 is 0. The number of para-hydroxylation sites is 1. The second-order valence-electron chi connectivity index (χ2n) is 11.0. The van der Waals surface area contributed by atoms with Crippen molar-refractivity contribution in [3.8, 4) is 17.1 Å². The van der Waals surface area contributed by atoms with Crippen LogP contribution < -0.4 is 20.7 Å². The number of likely N-dealkylation sites (tertiary alicyclic amines) is 1. The molecule has 5 heterocycles. The SMILES string of the molecule is CCCNc1nccc(OC2CCN(CC(=O)Nc3cccc4c(-c5nc(Nc6cc(C)n(C)n6)ncc5C)c[nH]c34)C2)n1. The number of nitrogens with one attached hydrogen (secondary N) is 4. The Hall–Kier alpha value is -5.04. The molecule has 4 N–H and O–H groups in total. The van der Waals surface area contributed by atoms with Gasteiger partial charge in [-0.15, -0.1) is 0 Å². The Bertz CT molecular complexity index is 1760. The number of hydrogen-bond donors (Lipinski definition) is 4. The van der Waals surface area contributed by atoms with Crippen LogP contribution in [0.2, 0.25) is 0 Å². The van der Waals surface area contributed by atoms with E-state index in [4.69, 9.17) is 9.72 Å². The highest BCUT2D eigenvalue weighted by molar-refractivity contribution is 6.06. The molecule has 228 valence electrons. The molecule has 13 heteroatoms. The van der Waals surface area contributed by atoms with E-state index >= 15 is 0 Å². The van der Waals surface area contributed by atoms with Gasteiger partial charge in [0.15, 0.2) is 5.82 Å². The van der Waals surface area contributed by atoms with Crippen molar-refractivity contribution in [3.63, 3.8) is 0 Å². The number of amides is 1. The molecule has 5 aromatic rings. The van der Waals surface area contributed by atoms with Crippen LogP contribution in [0.15, 0.2) is 48.9 Å². The average Bonchev–Trinajstić information content (AvgIpc) is 3.72. The summed E-state index contributed by atoms with van der Waals surface area (Å²) < 4.78 is 7.89. The predicted octanol–water partition coefficient (Wildman–Crippen LogP) is 4.42. The second-order valence-corrected chi connectivity index (χ2v) is 11.0. The molecule has 44 heavy (non-hydrogen) atoms. The summed E-state index contributed by atoms with van der Waals surface area (Å²) in [5.74, 6) is 2.16. The summed E-state index contributed by atoms with van der Waals surface area (Å²) in [5, 5.41) is 14.9. The number of H-pyrrole nitrogens is 1. The molecule has 6 rings (SSSR count). The van der Waals surface area contributed by atoms with Crippen molar-refractivity contribution >= 4 is 40.2 Å². The van der Waals surface area contributed by atoms with Crippen molar-refractivity contribution in [3.05, 3.63) is 60.2 Å². The fourth-order valence-electron chi connectivity index (χ4n) is 5.30. The molecular formula is C31H37N11O2. The molecule has 13 nitrogen and oxygen atoms in total. The van der Waals surface area contributed by atoms with Gasteiger partial charge in [0.1, 0.15) is 6.10 Å². The van der Waals surface area contributed by atoms with Crippen LogP contribution in [0.4, 0.5) is 23.4 Å². The van der Waals surface area contributed by atoms with Gasteiger partial charge in [-0.2, -0.15) is 10.1 Å². The lowest BCUT2D eigenvalue weighted by molar-refractivity contribution is -0.117. The quantitative estimate of drug-likeness (QED) is 0.173. The zero-order valence-electron chi connectivity index (χ0n) is 25.4. The van der Waals surface area contributed by atoms with Crippen LogP contribution in [0.25, 0.3) is 22.2 Å². The third-order valence-corrected chi connectivity index (χ3v) is 7.62. The van der Waals surface area contributed by atoms with Crippen molar-refractivity contribution in [1.29, 1.82) is 0 Å². The Morgan fingerprint density at radius 1 is 1.16 bits per heavy atom. The minimum absolute atomic E-state index is 0.0386. The Morgan fingerprint density at radius 2 is 2.05 bits per heavy atom. The van der Waals surface area contributed by atoms with Crippen molar-refractivity contribution in [2.75, 3.05) is 42.1 Å². The standard InChI is InChI=1S/C31H37N11O2/c1-5-11-32-30-33-12-9-27(38-30)44-21-10-13-42(17-21)18-26(43)36-24-8-6-7-22-23(16-34-29(22)24)28-19(2)15-35-31(39-28)37-25-14-20(3)41(4)40-25/h6-9,12,14-16,21,34H,5,10-11,13,17-18H2,1-4H3,(H,36,43)(H,32,33,38)(H,35,37,39,40). The lowest BCUT2D eigenvalue weighted by Crippen LogP contribution is -2.33. The van der Waals surface area contributed by atoms with Gasteiger partial charge in [0.2, 0.25) is 23.7 Å². The minimum atomic E-state index is -0.0854. The van der Waals surface area contributed by atoms with Gasteiger partial charge in [-0.05, 0) is 38.3 Å². The van der Waals surface area contributed by atoms with Gasteiger partial charge >= 0.3 is 0 Å². The zero-order chi connectivity index (χ0) is 30.6. The van der Waals surface area contributed by atoms with E-state index in [0.717, 1.165) is 59.3 Å². The molecule has 4 aromatic heterocycles. The molecule has 1 amide bonds. The van der Waals surface area contributed by atoms with Crippen LogP contribution in [0, 0.1) is 13.8 Å². The van der Waals surface area contributed by atoms with E-state index in [2.05, 4.69) is 52.8 Å². The van der Waals surface area contributed by atoms with Crippen LogP contribution >= 0.6 is 0 Å². The molecule has 1 aliphatic rings. The Morgan fingerprint density at radius 3 is 2.86 bits per heavy atom. The van der Waals surface area contributed by atoms with Gasteiger partial charge in [0.25, 0.3) is 0 Å². The molecule has 1 atom stereocenters. The highest BCUT2D eigenvalue weighted by Gasteiger charge is 2.26. The first-order valence-electron chi connectivity index (χ1n) is 14.8. The maximum atomic E-state index is 13.1. The number of aryl methyl sites for hydroxylation is 3. The summed E-state index contributed by atoms with van der Waals surface area (Å²) in [4.78, 5) is 36.5. The van der Waals surface area contributed by atoms with Gasteiger partial charge < -0.3 is 25.7 Å². The number of rotatable bonds is 11. The predicted molar refractivity (Wildman–Crippen MR) is 170 cm³/mol. The first-order valence-corrected chi connectivity index (χ1v) is 14.8. The maximum absolute atomic E-state index is 13.1. The monoisotopic (exact) mass is 595 g/mol. The largest absolute Gasteiger partial charge is 0.473 e. The van der Waals surface area contributed by atoms with Crippen molar-refractivity contribution in [2.24, 2.45) is 7.05 Å². The van der Waals surface area contributed by atoms with Crippen LogP contribution in [-0.2, 0) is 11.8 Å². The number of fused-ring (bicyclic) bond motifs is 1. The molecule has 0 radical (unpaired) electrons. The molecule has 1 unspecified atom stereocenters. The molecule has 1 fully saturated rings. The number of carbonyl (C=O) groups is 1. The second kappa shape index (κ2) is 12.7. The van der Waals surface area contributed by atoms with Crippen LogP contribution in [0.1, 0.15) is 31.0 Å². The van der Waals surface area contributed by atoms with Crippen LogP contribution in [0.5, 0.6) is 5.88 Å². The van der Waals surface area contributed by atoms with E-state index in [1.807, 2.05) is 51.4 Å². The first-order chi connectivity index (χ1) is 21.4. The Labute approximate surface area is 255 Å². The molecule has 0 bridgehead atoms. The lowest BCUT2D eigenvalue weighted by Gasteiger charge is -2.16. The number of aromatic nitrogens is 7. The fourth-order valence-corrected chi connectivity index (χ4v) is 5.30. The van der Waals surface area contributed by atoms with Crippen molar-refractivity contribution in [2.45, 2.75) is 39.7 Å². The molecule has 1 aliphatic heterocycles. The number of benzene rings is 1. The highest BCUT2D eigenvalue weighted by atomic mass is 16.5. The number of ether oxygens (including phenoxy) is 1. The number of anilines is 4. The van der Waals surface area contributed by atoms with Crippen molar-refractivity contribution < 1.29 is 9.53 Å². The zero-order valence-corrected chi connectivity index (χ0v) is 25.4. The Kier molecular flexibility index (Phi) is 8.37. The van der Waals surface area contributed by atoms with Gasteiger partial charge in [0, 0.05) is 74.0 Å². The van der Waals surface area contributed by atoms with Gasteiger partial charge in [-0.1, -0.05) is 19.1 Å². The van der Waals surface area contributed by atoms with E-state index in [9.17, 15) is 4.79 Å². The van der Waals surface area contributed by atoms with Gasteiger partial charge in [-0.3, -0.25) is 14.4 Å². The average molecular weight is 596 g/mol. The number of carbonyl (C=O) groups excluding carboxylic acids is 1. The van der Waals surface area contributed by atoms with Crippen LogP contribution in [-0.4, -0.2) is 77.8 Å². The van der Waals surface area contributed by atoms with E-state index in [1.165, 1.54) is 0 Å². The highest BCUT2D eigenvalue weighted by Crippen LogP contribution is 2.33. The molecule has 0 spiro atoms. The van der Waals surface area contributed by atoms with Crippen LogP contribution in [0.3, 0.4) is 0 Å². The summed E-state index contributed by atoms with van der Waals surface area (Å²) in [6.07, 6.45) is 7.18. The van der Waals surface area contributed by atoms with E-state index < -0.39 is 0 Å². The minimum Gasteiger partial charge on any atom is -0.473 e. The summed E-state index contributed by atoms with van der Waals surface area (Å²) in [6, 6.07) is 9.57. The third kappa shape index (κ3) is 6.47. The van der Waals surface area contributed by atoms with E-state index in [0.29, 0.717) is 35.8 Å². The first kappa shape index (κ1) is 29.1. The van der Waals surface area contributed by atoms with Gasteiger partial charge in [-0.25, -0.2) is 15.0 Å². The maximum Gasteiger partial charge on any atom is 0.238 e. The molecule has 1 saturated heterocycles. The smallest absolute Gasteiger partial charge is 0.238 e.